The van der Waals surface area contributed by atoms with E-state index in [1.165, 1.54) is 29.0 Å². The molecule has 3 aliphatic rings. The summed E-state index contributed by atoms with van der Waals surface area (Å²) in [6, 6.07) is 4.61. The van der Waals surface area contributed by atoms with Crippen LogP contribution in [0.25, 0.3) is 37.1 Å². The van der Waals surface area contributed by atoms with Gasteiger partial charge in [-0.1, -0.05) is 18.7 Å². The van der Waals surface area contributed by atoms with E-state index in [1.54, 1.807) is 23.1 Å². The predicted octanol–water partition coefficient (Wildman–Crippen LogP) is 5.26. The van der Waals surface area contributed by atoms with Gasteiger partial charge < -0.3 is 19.4 Å². The third kappa shape index (κ3) is 5.06. The average molecular weight is 634 g/mol. The second-order valence-electron chi connectivity index (χ2n) is 11.8. The first-order valence-corrected chi connectivity index (χ1v) is 15.8. The molecule has 6 heterocycles. The van der Waals surface area contributed by atoms with E-state index in [-0.39, 0.29) is 48.2 Å². The monoisotopic (exact) mass is 633 g/mol. The Kier molecular flexibility index (Phi) is 7.57. The molecule has 13 heteroatoms. The highest BCUT2D eigenvalue weighted by molar-refractivity contribution is 7.17. The number of fused-ring (bicyclic) bond motifs is 3. The number of rotatable bonds is 7. The minimum atomic E-state index is -0.942. The largest absolute Gasteiger partial charge is 0.461 e. The lowest BCUT2D eigenvalue weighted by atomic mass is 9.95. The average Bonchev–Trinajstić information content (AvgIpc) is 3.71. The van der Waals surface area contributed by atoms with E-state index >= 15 is 4.39 Å². The van der Waals surface area contributed by atoms with Crippen LogP contribution in [0.3, 0.4) is 0 Å². The van der Waals surface area contributed by atoms with Gasteiger partial charge in [-0.05, 0) is 31.5 Å². The first kappa shape index (κ1) is 29.4. The number of carbonyl (C=O) groups is 1. The molecule has 0 unspecified atom stereocenters. The maximum Gasteiger partial charge on any atom is 0.319 e. The fraction of sp³-hybridized carbons (Fsp3) is 0.406. The van der Waals surface area contributed by atoms with Gasteiger partial charge in [0.25, 0.3) is 0 Å². The van der Waals surface area contributed by atoms with Crippen LogP contribution in [0, 0.1) is 18.2 Å². The van der Waals surface area contributed by atoms with E-state index in [9.17, 15) is 13.6 Å². The van der Waals surface area contributed by atoms with Crippen LogP contribution in [-0.2, 0) is 4.79 Å². The molecule has 7 rings (SSSR count). The van der Waals surface area contributed by atoms with Crippen LogP contribution in [0.4, 0.5) is 19.0 Å². The number of amides is 1. The van der Waals surface area contributed by atoms with Gasteiger partial charge in [-0.15, -0.1) is 11.3 Å². The van der Waals surface area contributed by atoms with Crippen molar-refractivity contribution in [1.82, 2.24) is 24.8 Å². The number of halogens is 3. The van der Waals surface area contributed by atoms with Gasteiger partial charge >= 0.3 is 6.01 Å². The summed E-state index contributed by atoms with van der Waals surface area (Å²) in [4.78, 5) is 35.3. The van der Waals surface area contributed by atoms with Crippen molar-refractivity contribution in [3.05, 3.63) is 65.5 Å². The van der Waals surface area contributed by atoms with Crippen LogP contribution in [0.15, 0.2) is 42.4 Å². The molecule has 232 valence electrons. The molecule has 0 saturated carbocycles. The molecular weight excluding hydrogens is 603 g/mol. The van der Waals surface area contributed by atoms with Crippen molar-refractivity contribution >= 4 is 44.1 Å². The van der Waals surface area contributed by atoms with Crippen LogP contribution >= 0.6 is 11.3 Å². The number of carbonyl (C=O) groups excluding carboxylic acids is 1. The normalized spacial score (nSPS) is 23.4. The zero-order chi connectivity index (χ0) is 31.3. The maximum atomic E-state index is 16.6. The molecule has 0 N–H and O–H groups in total. The number of benzene rings is 1. The van der Waals surface area contributed by atoms with E-state index in [0.29, 0.717) is 47.5 Å². The van der Waals surface area contributed by atoms with Crippen molar-refractivity contribution in [2.75, 3.05) is 50.8 Å². The first-order chi connectivity index (χ1) is 21.8. The smallest absolute Gasteiger partial charge is 0.319 e. The Morgan fingerprint density at radius 2 is 2.11 bits per heavy atom. The van der Waals surface area contributed by atoms with E-state index < -0.39 is 29.4 Å². The summed E-state index contributed by atoms with van der Waals surface area (Å²) >= 11 is 1.23. The standard InChI is InChI=1S/C32H30F3N7O2S/c1-3-25(43)42-11-10-40(16-20(42)13-36-2)30-22-14-37-28(21-6-4-7-24-26(21)23(34)17-45-24)27(35)29(22)38-31(39-30)44-18-32-8-5-9-41(32)15-19(33)12-32/h3-4,6-7,14,17,19-20H,1,5,8-13,15-16,18H2/t19-,20+,32+/m1/s1. The quantitative estimate of drug-likeness (QED) is 0.203. The molecule has 45 heavy (non-hydrogen) atoms. The molecule has 9 nitrogen and oxygen atoms in total. The van der Waals surface area contributed by atoms with Crippen molar-refractivity contribution in [3.63, 3.8) is 0 Å². The predicted molar refractivity (Wildman–Crippen MR) is 166 cm³/mol. The Bertz CT molecular complexity index is 1860. The van der Waals surface area contributed by atoms with Gasteiger partial charge in [0.15, 0.2) is 5.82 Å². The summed E-state index contributed by atoms with van der Waals surface area (Å²) in [5.41, 5.74) is -0.259. The van der Waals surface area contributed by atoms with Gasteiger partial charge in [-0.2, -0.15) is 9.97 Å². The highest BCUT2D eigenvalue weighted by Crippen LogP contribution is 2.41. The lowest BCUT2D eigenvalue weighted by Gasteiger charge is -2.39. The van der Waals surface area contributed by atoms with Crippen molar-refractivity contribution in [2.45, 2.75) is 37.0 Å². The second kappa shape index (κ2) is 11.6. The molecule has 0 bridgehead atoms. The van der Waals surface area contributed by atoms with Gasteiger partial charge in [0.1, 0.15) is 41.7 Å². The summed E-state index contributed by atoms with van der Waals surface area (Å²) in [5.74, 6) is -1.12. The van der Waals surface area contributed by atoms with Gasteiger partial charge in [0.2, 0.25) is 12.5 Å². The van der Waals surface area contributed by atoms with Crippen molar-refractivity contribution in [1.29, 1.82) is 0 Å². The van der Waals surface area contributed by atoms with E-state index in [2.05, 4.69) is 26.3 Å². The minimum absolute atomic E-state index is 0.0467. The highest BCUT2D eigenvalue weighted by atomic mass is 32.1. The van der Waals surface area contributed by atoms with Crippen LogP contribution in [-0.4, -0.2) is 94.3 Å². The molecular formula is C32H30F3N7O2S. The number of ether oxygens (including phenoxy) is 1. The number of aromatic nitrogens is 3. The van der Waals surface area contributed by atoms with E-state index in [1.807, 2.05) is 4.90 Å². The number of pyridine rings is 1. The Labute approximate surface area is 261 Å². The van der Waals surface area contributed by atoms with Crippen molar-refractivity contribution in [2.24, 2.45) is 0 Å². The third-order valence-electron chi connectivity index (χ3n) is 9.23. The summed E-state index contributed by atoms with van der Waals surface area (Å²) in [5, 5.41) is 1.98. The number of hydrogen-bond donors (Lipinski definition) is 0. The van der Waals surface area contributed by atoms with E-state index in [0.717, 1.165) is 19.4 Å². The zero-order valence-corrected chi connectivity index (χ0v) is 25.2. The fourth-order valence-corrected chi connectivity index (χ4v) is 7.96. The molecule has 0 radical (unpaired) electrons. The van der Waals surface area contributed by atoms with Crippen molar-refractivity contribution in [3.8, 4) is 17.3 Å². The summed E-state index contributed by atoms with van der Waals surface area (Å²) in [6.07, 6.45) is 3.83. The van der Waals surface area contributed by atoms with Gasteiger partial charge in [0, 0.05) is 59.8 Å². The Hall–Kier alpha value is -4.28. The lowest BCUT2D eigenvalue weighted by Crippen LogP contribution is -2.56. The molecule has 4 aromatic rings. The van der Waals surface area contributed by atoms with Crippen LogP contribution < -0.4 is 9.64 Å². The Balaban J connectivity index is 1.32. The Morgan fingerprint density at radius 1 is 1.24 bits per heavy atom. The maximum absolute atomic E-state index is 16.6. The topological polar surface area (TPSA) is 79.1 Å². The highest BCUT2D eigenvalue weighted by Gasteiger charge is 2.49. The molecule has 1 aromatic carbocycles. The molecule has 3 saturated heterocycles. The summed E-state index contributed by atoms with van der Waals surface area (Å²) < 4.78 is 52.7. The van der Waals surface area contributed by atoms with Crippen LogP contribution in [0.5, 0.6) is 6.01 Å². The molecule has 1 amide bonds. The van der Waals surface area contributed by atoms with Crippen LogP contribution in [0.1, 0.15) is 19.3 Å². The third-order valence-corrected chi connectivity index (χ3v) is 10.1. The molecule has 3 atom stereocenters. The van der Waals surface area contributed by atoms with Gasteiger partial charge in [-0.25, -0.2) is 19.7 Å². The number of hydrogen-bond acceptors (Lipinski definition) is 8. The number of thiophene rings is 1. The lowest BCUT2D eigenvalue weighted by molar-refractivity contribution is -0.128. The zero-order valence-electron chi connectivity index (χ0n) is 24.4. The minimum Gasteiger partial charge on any atom is -0.461 e. The molecule has 3 aromatic heterocycles. The van der Waals surface area contributed by atoms with Gasteiger partial charge in [0.05, 0.1) is 10.9 Å². The summed E-state index contributed by atoms with van der Waals surface area (Å²) in [7, 11) is 0. The second-order valence-corrected chi connectivity index (χ2v) is 12.7. The molecule has 3 fully saturated rings. The van der Waals surface area contributed by atoms with E-state index in [4.69, 9.17) is 16.3 Å². The number of anilines is 1. The Morgan fingerprint density at radius 3 is 2.93 bits per heavy atom. The fourth-order valence-electron chi connectivity index (χ4n) is 7.13. The molecule has 3 aliphatic heterocycles. The number of alkyl halides is 1. The summed E-state index contributed by atoms with van der Waals surface area (Å²) in [6.45, 7) is 13.3. The van der Waals surface area contributed by atoms with Crippen molar-refractivity contribution < 1.29 is 22.7 Å². The molecule has 0 aliphatic carbocycles. The SMILES string of the molecule is [C-]#[N+]C[C@H]1CN(c2nc(OC[C@@]34CCCN3C[C@H](F)C4)nc3c(F)c(-c4cccc5scc(F)c45)ncc23)CCN1C(=O)C=C. The number of nitrogens with zero attached hydrogens (tertiary/aromatic N) is 7. The first-order valence-electron chi connectivity index (χ1n) is 14.9. The van der Waals surface area contributed by atoms with Gasteiger partial charge in [-0.3, -0.25) is 14.7 Å². The molecule has 0 spiro atoms. The number of piperazine rings is 1. The van der Waals surface area contributed by atoms with Crippen LogP contribution in [0.2, 0.25) is 0 Å².